The minimum atomic E-state index is -2.22. The molecule has 2 aromatic carbocycles. The summed E-state index contributed by atoms with van der Waals surface area (Å²) >= 11 is 11.1. The van der Waals surface area contributed by atoms with E-state index < -0.39 is 41.2 Å². The Labute approximate surface area is 177 Å². The van der Waals surface area contributed by atoms with Crippen LogP contribution in [0.2, 0.25) is 5.02 Å². The number of thiocarbonyl (C=S) groups is 1. The number of halogens is 6. The van der Waals surface area contributed by atoms with Gasteiger partial charge in [-0.25, -0.2) is 22.0 Å². The molecule has 12 heteroatoms. The molecule has 0 unspecified atom stereocenters. The van der Waals surface area contributed by atoms with Gasteiger partial charge in [0.25, 0.3) is 0 Å². The second-order valence-electron chi connectivity index (χ2n) is 5.87. The minimum Gasteiger partial charge on any atom is -0.495 e. The predicted octanol–water partition coefficient (Wildman–Crippen LogP) is 5.10. The molecule has 0 fully saturated rings. The second-order valence-corrected chi connectivity index (χ2v) is 6.72. The van der Waals surface area contributed by atoms with E-state index in [1.165, 1.54) is 19.4 Å². The Kier molecular flexibility index (Phi) is 6.42. The molecule has 0 aliphatic heterocycles. The van der Waals surface area contributed by atoms with Crippen molar-refractivity contribution in [3.05, 3.63) is 70.1 Å². The van der Waals surface area contributed by atoms with Crippen LogP contribution in [-0.4, -0.2) is 22.0 Å². The fraction of sp³-hybridized carbons (Fsp3) is 0.111. The first kappa shape index (κ1) is 21.8. The highest BCUT2D eigenvalue weighted by molar-refractivity contribution is 7.80. The van der Waals surface area contributed by atoms with Gasteiger partial charge in [0.1, 0.15) is 5.75 Å². The number of nitrogens with one attached hydrogen (secondary N) is 2. The molecule has 0 atom stereocenters. The zero-order valence-electron chi connectivity index (χ0n) is 15.1. The van der Waals surface area contributed by atoms with Crippen LogP contribution < -0.4 is 15.4 Å². The summed E-state index contributed by atoms with van der Waals surface area (Å²) in [6.45, 7) is -0.685. The summed E-state index contributed by atoms with van der Waals surface area (Å²) in [5.74, 6) is -9.45. The fourth-order valence-electron chi connectivity index (χ4n) is 2.52. The summed E-state index contributed by atoms with van der Waals surface area (Å²) in [6.07, 6.45) is 1.28. The molecule has 3 rings (SSSR count). The molecule has 30 heavy (non-hydrogen) atoms. The summed E-state index contributed by atoms with van der Waals surface area (Å²) in [6, 6.07) is 6.24. The van der Waals surface area contributed by atoms with E-state index in [-0.39, 0.29) is 10.9 Å². The van der Waals surface area contributed by atoms with Crippen LogP contribution in [0.4, 0.5) is 33.5 Å². The van der Waals surface area contributed by atoms with E-state index in [2.05, 4.69) is 15.7 Å². The van der Waals surface area contributed by atoms with E-state index in [0.29, 0.717) is 16.5 Å². The minimum absolute atomic E-state index is 0.0945. The molecule has 1 aromatic heterocycles. The number of benzene rings is 2. The van der Waals surface area contributed by atoms with Crippen molar-refractivity contribution in [3.8, 4) is 5.75 Å². The number of ether oxygens (including phenoxy) is 1. The molecule has 3 aromatic rings. The lowest BCUT2D eigenvalue weighted by atomic mass is 10.1. The molecule has 1 heterocycles. The lowest BCUT2D eigenvalue weighted by Crippen LogP contribution is -2.20. The van der Waals surface area contributed by atoms with Crippen molar-refractivity contribution in [3.63, 3.8) is 0 Å². The zero-order valence-corrected chi connectivity index (χ0v) is 16.6. The summed E-state index contributed by atoms with van der Waals surface area (Å²) in [5.41, 5.74) is -0.534. The highest BCUT2D eigenvalue weighted by Crippen LogP contribution is 2.28. The first-order valence-electron chi connectivity index (χ1n) is 8.16. The molecular formula is C18H12ClF5N4OS. The van der Waals surface area contributed by atoms with Gasteiger partial charge in [-0.2, -0.15) is 5.10 Å². The normalized spacial score (nSPS) is 10.8. The van der Waals surface area contributed by atoms with Crippen molar-refractivity contribution < 1.29 is 26.7 Å². The topological polar surface area (TPSA) is 51.1 Å². The smallest absolute Gasteiger partial charge is 0.200 e. The number of anilines is 2. The Bertz CT molecular complexity index is 1100. The van der Waals surface area contributed by atoms with Crippen LogP contribution in [0.25, 0.3) is 0 Å². The molecule has 5 nitrogen and oxygen atoms in total. The van der Waals surface area contributed by atoms with Gasteiger partial charge in [-0.3, -0.25) is 4.68 Å². The van der Waals surface area contributed by atoms with E-state index >= 15 is 0 Å². The zero-order chi connectivity index (χ0) is 22.0. The molecule has 0 bridgehead atoms. The molecule has 0 saturated heterocycles. The molecule has 0 amide bonds. The lowest BCUT2D eigenvalue weighted by Gasteiger charge is -2.12. The maximum Gasteiger partial charge on any atom is 0.200 e. The van der Waals surface area contributed by atoms with E-state index in [1.807, 2.05) is 0 Å². The quantitative estimate of drug-likeness (QED) is 0.239. The Morgan fingerprint density at radius 2 is 1.67 bits per heavy atom. The summed E-state index contributed by atoms with van der Waals surface area (Å²) in [5, 5.41) is 10.1. The third-order valence-electron chi connectivity index (χ3n) is 3.91. The van der Waals surface area contributed by atoms with Crippen LogP contribution in [0.1, 0.15) is 5.56 Å². The summed E-state index contributed by atoms with van der Waals surface area (Å²) < 4.78 is 73.6. The molecule has 0 spiro atoms. The van der Waals surface area contributed by atoms with Gasteiger partial charge in [-0.05, 0) is 30.4 Å². The number of aromatic nitrogens is 2. The predicted molar refractivity (Wildman–Crippen MR) is 105 cm³/mol. The Morgan fingerprint density at radius 3 is 2.30 bits per heavy atom. The van der Waals surface area contributed by atoms with Gasteiger partial charge in [-0.1, -0.05) is 11.6 Å². The number of rotatable bonds is 5. The van der Waals surface area contributed by atoms with Gasteiger partial charge < -0.3 is 15.4 Å². The van der Waals surface area contributed by atoms with Crippen molar-refractivity contribution >= 4 is 40.4 Å². The monoisotopic (exact) mass is 462 g/mol. The maximum atomic E-state index is 13.8. The molecule has 0 aliphatic carbocycles. The highest BCUT2D eigenvalue weighted by atomic mass is 35.5. The Morgan fingerprint density at radius 1 is 1.03 bits per heavy atom. The van der Waals surface area contributed by atoms with Crippen LogP contribution in [0.3, 0.4) is 0 Å². The molecule has 0 radical (unpaired) electrons. The van der Waals surface area contributed by atoms with Crippen LogP contribution >= 0.6 is 23.8 Å². The largest absolute Gasteiger partial charge is 0.495 e. The molecule has 0 aliphatic rings. The van der Waals surface area contributed by atoms with Gasteiger partial charge in [0, 0.05) is 17.3 Å². The fourth-order valence-corrected chi connectivity index (χ4v) is 2.90. The van der Waals surface area contributed by atoms with E-state index in [4.69, 9.17) is 28.6 Å². The van der Waals surface area contributed by atoms with Crippen molar-refractivity contribution in [1.29, 1.82) is 0 Å². The third-order valence-corrected chi connectivity index (χ3v) is 4.35. The van der Waals surface area contributed by atoms with Crippen LogP contribution in [0.5, 0.6) is 5.75 Å². The average molecular weight is 463 g/mol. The first-order valence-corrected chi connectivity index (χ1v) is 8.95. The number of hydrogen-bond donors (Lipinski definition) is 2. The number of hydrogen-bond acceptors (Lipinski definition) is 3. The number of nitrogens with zero attached hydrogens (tertiary/aromatic N) is 2. The molecule has 2 N–H and O–H groups in total. The van der Waals surface area contributed by atoms with Crippen LogP contribution in [0, 0.1) is 29.1 Å². The maximum absolute atomic E-state index is 13.8. The van der Waals surface area contributed by atoms with Gasteiger partial charge in [0.2, 0.25) is 5.82 Å². The van der Waals surface area contributed by atoms with Crippen LogP contribution in [0.15, 0.2) is 30.5 Å². The van der Waals surface area contributed by atoms with Crippen molar-refractivity contribution in [1.82, 2.24) is 9.78 Å². The summed E-state index contributed by atoms with van der Waals surface area (Å²) in [4.78, 5) is 0. The average Bonchev–Trinajstić information content (AvgIpc) is 3.15. The van der Waals surface area contributed by atoms with E-state index in [9.17, 15) is 22.0 Å². The lowest BCUT2D eigenvalue weighted by molar-refractivity contribution is 0.367. The van der Waals surface area contributed by atoms with Gasteiger partial charge >= 0.3 is 0 Å². The third kappa shape index (κ3) is 4.46. The summed E-state index contributed by atoms with van der Waals surface area (Å²) in [7, 11) is 1.46. The van der Waals surface area contributed by atoms with Crippen molar-refractivity contribution in [2.24, 2.45) is 0 Å². The SMILES string of the molecule is COc1ccc(Cl)cc1NC(=S)Nc1ccn(Cc2c(F)c(F)c(F)c(F)c2F)n1. The van der Waals surface area contributed by atoms with E-state index in [1.54, 1.807) is 18.2 Å². The Balaban J connectivity index is 1.74. The number of methoxy groups -OCH3 is 1. The highest BCUT2D eigenvalue weighted by Gasteiger charge is 2.25. The van der Waals surface area contributed by atoms with Crippen LogP contribution in [-0.2, 0) is 6.54 Å². The second kappa shape index (κ2) is 8.84. The van der Waals surface area contributed by atoms with Gasteiger partial charge in [0.15, 0.2) is 34.2 Å². The first-order chi connectivity index (χ1) is 14.2. The Hall–Kier alpha value is -2.92. The standard InChI is InChI=1S/C18H12ClF5N4OS/c1-29-11-3-2-8(19)6-10(11)25-18(30)26-12-4-5-28(27-12)7-9-13(20)15(22)17(24)16(23)14(9)21/h2-6H,7H2,1H3,(H2,25,26,27,30). The van der Waals surface area contributed by atoms with E-state index in [0.717, 1.165) is 4.68 Å². The van der Waals surface area contributed by atoms with Gasteiger partial charge in [0.05, 0.1) is 24.9 Å². The molecule has 0 saturated carbocycles. The molecular weight excluding hydrogens is 451 g/mol. The molecule has 158 valence electrons. The van der Waals surface area contributed by atoms with Crippen molar-refractivity contribution in [2.45, 2.75) is 6.54 Å². The van der Waals surface area contributed by atoms with Crippen molar-refractivity contribution in [2.75, 3.05) is 17.7 Å². The van der Waals surface area contributed by atoms with Gasteiger partial charge in [-0.15, -0.1) is 0 Å².